The minimum atomic E-state index is -0.833. The van der Waals surface area contributed by atoms with Crippen LogP contribution in [0.2, 0.25) is 0 Å². The lowest BCUT2D eigenvalue weighted by Crippen LogP contribution is -2.33. The van der Waals surface area contributed by atoms with Crippen molar-refractivity contribution in [2.45, 2.75) is 73.0 Å². The van der Waals surface area contributed by atoms with Gasteiger partial charge in [-0.2, -0.15) is 9.97 Å². The summed E-state index contributed by atoms with van der Waals surface area (Å²) in [5.74, 6) is 0.555. The van der Waals surface area contributed by atoms with Crippen LogP contribution < -0.4 is 16.3 Å². The van der Waals surface area contributed by atoms with Gasteiger partial charge in [-0.25, -0.2) is 4.99 Å². The summed E-state index contributed by atoms with van der Waals surface area (Å²) in [7, 11) is 1.70. The lowest BCUT2D eigenvalue weighted by molar-refractivity contribution is -0.134. The Kier molecular flexibility index (Phi) is 12.0. The van der Waals surface area contributed by atoms with Crippen molar-refractivity contribution >= 4 is 17.9 Å². The van der Waals surface area contributed by atoms with Crippen molar-refractivity contribution in [3.8, 4) is 0 Å². The first kappa shape index (κ1) is 24.8. The van der Waals surface area contributed by atoms with E-state index in [2.05, 4.69) is 53.3 Å². The molecule has 1 rings (SSSR count). The van der Waals surface area contributed by atoms with Gasteiger partial charge in [0.2, 0.25) is 17.5 Å². The van der Waals surface area contributed by atoms with Gasteiger partial charge < -0.3 is 20.5 Å². The molecule has 0 bridgehead atoms. The second kappa shape index (κ2) is 13.1. The molecule has 9 nitrogen and oxygen atoms in total. The molecule has 0 radical (unpaired) electrons. The number of carboxylic acid groups (broad SMARTS) is 1. The third kappa shape index (κ3) is 11.2. The summed E-state index contributed by atoms with van der Waals surface area (Å²) in [5.41, 5.74) is 0.697. The van der Waals surface area contributed by atoms with Gasteiger partial charge in [-0.15, -0.1) is 0 Å². The molecule has 0 aromatic carbocycles. The van der Waals surface area contributed by atoms with Crippen molar-refractivity contribution in [2.24, 2.45) is 4.99 Å². The highest BCUT2D eigenvalue weighted by Crippen LogP contribution is 2.12. The Morgan fingerprint density at radius 2 is 1.81 bits per heavy atom. The Morgan fingerprint density at radius 3 is 2.26 bits per heavy atom. The number of aliphatic carboxylic acids is 1. The minimum Gasteiger partial charge on any atom is -0.481 e. The van der Waals surface area contributed by atoms with Gasteiger partial charge in [0.05, 0.1) is 0 Å². The number of carboxylic acids is 1. The normalized spacial score (nSPS) is 11.6. The number of rotatable bonds is 9. The van der Waals surface area contributed by atoms with E-state index < -0.39 is 5.97 Å². The summed E-state index contributed by atoms with van der Waals surface area (Å²) in [6.07, 6.45) is 0.905. The Morgan fingerprint density at radius 1 is 1.22 bits per heavy atom. The molecule has 0 saturated heterocycles. The third-order valence-electron chi connectivity index (χ3n) is 2.98. The maximum Gasteiger partial charge on any atom is 0.300 e. The molecule has 1 heterocycles. The maximum absolute atomic E-state index is 9.00. The van der Waals surface area contributed by atoms with Crippen molar-refractivity contribution in [1.82, 2.24) is 14.5 Å². The summed E-state index contributed by atoms with van der Waals surface area (Å²) in [6.45, 7) is 15.1. The highest BCUT2D eigenvalue weighted by molar-refractivity contribution is 5.62. The Hall–Kier alpha value is -2.16. The molecule has 0 atom stereocenters. The number of carbonyl (C=O) groups is 1. The van der Waals surface area contributed by atoms with Gasteiger partial charge in [-0.3, -0.25) is 9.36 Å². The van der Waals surface area contributed by atoms with Crippen LogP contribution in [0, 0.1) is 0 Å². The van der Waals surface area contributed by atoms with Crippen LogP contribution in [0.5, 0.6) is 0 Å². The molecular formula is C18H36N6O3. The second-order valence-corrected chi connectivity index (χ2v) is 6.95. The van der Waals surface area contributed by atoms with E-state index in [9.17, 15) is 0 Å². The molecule has 3 N–H and O–H groups in total. The Bertz CT molecular complexity index is 622. The molecule has 0 aliphatic heterocycles. The van der Waals surface area contributed by atoms with Gasteiger partial charge in [0, 0.05) is 45.3 Å². The Balaban J connectivity index is 0.00000153. The van der Waals surface area contributed by atoms with E-state index in [0.29, 0.717) is 18.2 Å². The molecule has 0 aliphatic carbocycles. The molecule has 0 amide bonds. The van der Waals surface area contributed by atoms with Gasteiger partial charge in [0.15, 0.2) is 0 Å². The van der Waals surface area contributed by atoms with E-state index in [4.69, 9.17) is 14.6 Å². The van der Waals surface area contributed by atoms with E-state index in [1.807, 2.05) is 18.4 Å². The van der Waals surface area contributed by atoms with Crippen LogP contribution in [0.15, 0.2) is 4.99 Å². The first-order valence-electron chi connectivity index (χ1n) is 9.31. The number of nitrogens with one attached hydrogen (secondary N) is 2. The summed E-state index contributed by atoms with van der Waals surface area (Å²) in [4.78, 5) is 22.9. The molecule has 27 heavy (non-hydrogen) atoms. The Labute approximate surface area is 162 Å². The zero-order chi connectivity index (χ0) is 21.0. The second-order valence-electron chi connectivity index (χ2n) is 6.95. The number of aromatic nitrogens is 3. The lowest BCUT2D eigenvalue weighted by Gasteiger charge is -2.20. The molecule has 0 unspecified atom stereocenters. The minimum absolute atomic E-state index is 0.170. The number of nitrogens with zero attached hydrogens (tertiary/aromatic N) is 4. The lowest BCUT2D eigenvalue weighted by atomic mass is 10.3. The van der Waals surface area contributed by atoms with Crippen LogP contribution in [0.25, 0.3) is 0 Å². The highest BCUT2D eigenvalue weighted by atomic mass is 16.5. The quantitative estimate of drug-likeness (QED) is 0.561. The van der Waals surface area contributed by atoms with E-state index >= 15 is 0 Å². The summed E-state index contributed by atoms with van der Waals surface area (Å²) in [5, 5.41) is 14.1. The van der Waals surface area contributed by atoms with Gasteiger partial charge in [0.1, 0.15) is 0 Å². The van der Waals surface area contributed by atoms with Gasteiger partial charge in [0.25, 0.3) is 5.97 Å². The average molecular weight is 385 g/mol. The topological polar surface area (TPSA) is 114 Å². The fourth-order valence-electron chi connectivity index (χ4n) is 2.08. The predicted molar refractivity (Wildman–Crippen MR) is 108 cm³/mol. The fraction of sp³-hybridized carbons (Fsp3) is 0.778. The maximum atomic E-state index is 9.00. The van der Waals surface area contributed by atoms with Crippen LogP contribution >= 0.6 is 0 Å². The van der Waals surface area contributed by atoms with Crippen LogP contribution in [0.4, 0.5) is 11.9 Å². The third-order valence-corrected chi connectivity index (χ3v) is 2.98. The predicted octanol–water partition coefficient (Wildman–Crippen LogP) is 2.53. The van der Waals surface area contributed by atoms with Gasteiger partial charge in [-0.05, 0) is 48.0 Å². The van der Waals surface area contributed by atoms with E-state index in [-0.39, 0.29) is 18.1 Å². The van der Waals surface area contributed by atoms with Gasteiger partial charge >= 0.3 is 0 Å². The number of hydrogen-bond donors (Lipinski definition) is 3. The number of hydrogen-bond acceptors (Lipinski definition) is 7. The zero-order valence-electron chi connectivity index (χ0n) is 17.9. The van der Waals surface area contributed by atoms with Crippen LogP contribution in [0.1, 0.15) is 60.9 Å². The average Bonchev–Trinajstić information content (AvgIpc) is 2.49. The number of ether oxygens (including phenoxy) is 1. The molecule has 0 fully saturated rings. The summed E-state index contributed by atoms with van der Waals surface area (Å²) in [6, 6.07) is 0.669. The largest absolute Gasteiger partial charge is 0.481 e. The molecule has 9 heteroatoms. The van der Waals surface area contributed by atoms with Gasteiger partial charge in [-0.1, -0.05) is 0 Å². The molecule has 0 saturated carbocycles. The van der Waals surface area contributed by atoms with Crippen LogP contribution in [-0.4, -0.2) is 58.0 Å². The molecule has 0 spiro atoms. The monoisotopic (exact) mass is 384 g/mol. The number of anilines is 2. The van der Waals surface area contributed by atoms with Crippen molar-refractivity contribution < 1.29 is 14.6 Å². The fourth-order valence-corrected chi connectivity index (χ4v) is 2.08. The summed E-state index contributed by atoms with van der Waals surface area (Å²) >= 11 is 0. The first-order valence-corrected chi connectivity index (χ1v) is 9.31. The number of methoxy groups -OCH3 is 1. The standard InChI is InChI=1S/C16H32N6O.C2H4O2/c1-11(2)18-15-20-14(17-9-8-10-23-7)21-16(19-12(3)4)22(15)13(5)6;1-2(3)4/h11-13H,8-10H2,1-7H3,(H2,17,18,19,20,21);1H3,(H,3,4). The van der Waals surface area contributed by atoms with Crippen LogP contribution in [0.3, 0.4) is 0 Å². The van der Waals surface area contributed by atoms with Crippen molar-refractivity contribution in [3.05, 3.63) is 5.62 Å². The zero-order valence-corrected chi connectivity index (χ0v) is 17.9. The molecule has 1 aromatic rings. The van der Waals surface area contributed by atoms with Crippen molar-refractivity contribution in [1.29, 1.82) is 0 Å². The van der Waals surface area contributed by atoms with E-state index in [1.165, 1.54) is 0 Å². The molecule has 0 aliphatic rings. The molecular weight excluding hydrogens is 348 g/mol. The highest BCUT2D eigenvalue weighted by Gasteiger charge is 2.13. The SMILES string of the molecule is CC(=O)O.COCCCNc1nc(NC(C)C)n(C(C)C)c(=NC(C)C)n1. The van der Waals surface area contributed by atoms with Crippen LogP contribution in [-0.2, 0) is 9.53 Å². The molecule has 1 aromatic heterocycles. The first-order chi connectivity index (χ1) is 12.6. The summed E-state index contributed by atoms with van der Waals surface area (Å²) < 4.78 is 7.11. The molecule has 156 valence electrons. The smallest absolute Gasteiger partial charge is 0.300 e. The van der Waals surface area contributed by atoms with Crippen molar-refractivity contribution in [3.63, 3.8) is 0 Å². The van der Waals surface area contributed by atoms with E-state index in [1.54, 1.807) is 7.11 Å². The van der Waals surface area contributed by atoms with Crippen molar-refractivity contribution in [2.75, 3.05) is 30.9 Å². The van der Waals surface area contributed by atoms with E-state index in [0.717, 1.165) is 25.8 Å².